The van der Waals surface area contributed by atoms with Crippen molar-refractivity contribution in [3.8, 4) is 0 Å². The number of amides is 1. The molecule has 0 aliphatic carbocycles. The topological polar surface area (TPSA) is 112 Å². The van der Waals surface area contributed by atoms with Gasteiger partial charge in [-0.05, 0) is 25.0 Å². The summed E-state index contributed by atoms with van der Waals surface area (Å²) in [7, 11) is -0.306. The van der Waals surface area contributed by atoms with Crippen LogP contribution in [-0.4, -0.2) is 60.1 Å². The summed E-state index contributed by atoms with van der Waals surface area (Å²) in [5.74, 6) is 0.401. The van der Waals surface area contributed by atoms with Crippen LogP contribution in [0.5, 0.6) is 0 Å². The van der Waals surface area contributed by atoms with Gasteiger partial charge in [-0.1, -0.05) is 6.07 Å². The van der Waals surface area contributed by atoms with Gasteiger partial charge in [-0.25, -0.2) is 4.98 Å². The van der Waals surface area contributed by atoms with Crippen LogP contribution >= 0.6 is 0 Å². The first-order valence-corrected chi connectivity index (χ1v) is 9.16. The first kappa shape index (κ1) is 16.9. The number of hydrogen-bond donors (Lipinski definition) is 2. The highest BCUT2D eigenvalue weighted by Crippen LogP contribution is 2.29. The minimum atomic E-state index is -3.37. The van der Waals surface area contributed by atoms with Gasteiger partial charge in [0.2, 0.25) is 0 Å². The number of aromatic amines is 1. The number of piperidine rings is 1. The van der Waals surface area contributed by atoms with Gasteiger partial charge < -0.3 is 10.7 Å². The number of imidazole rings is 1. The van der Waals surface area contributed by atoms with Gasteiger partial charge in [0.05, 0.1) is 11.1 Å². The van der Waals surface area contributed by atoms with Crippen LogP contribution in [0.2, 0.25) is 0 Å². The van der Waals surface area contributed by atoms with E-state index in [0.717, 1.165) is 11.3 Å². The quantitative estimate of drug-likeness (QED) is 0.842. The number of rotatable bonds is 4. The van der Waals surface area contributed by atoms with Crippen LogP contribution in [0.25, 0.3) is 11.0 Å². The Hall–Kier alpha value is -1.97. The van der Waals surface area contributed by atoms with E-state index in [9.17, 15) is 13.2 Å². The lowest BCUT2D eigenvalue weighted by atomic mass is 9.97. The highest BCUT2D eigenvalue weighted by atomic mass is 32.2. The van der Waals surface area contributed by atoms with Crippen molar-refractivity contribution < 1.29 is 13.2 Å². The lowest BCUT2D eigenvalue weighted by Crippen LogP contribution is -2.44. The maximum atomic E-state index is 12.2. The van der Waals surface area contributed by atoms with Gasteiger partial charge in [0.1, 0.15) is 11.3 Å². The third-order valence-corrected chi connectivity index (χ3v) is 6.37. The van der Waals surface area contributed by atoms with Crippen LogP contribution in [0.1, 0.15) is 34.9 Å². The molecule has 1 aliphatic rings. The SMILES string of the molecule is CN(C)S(=O)(=O)N1CCC(c2nc3c(C(N)=O)cccc3[nH]2)CC1. The van der Waals surface area contributed by atoms with Crippen molar-refractivity contribution in [2.45, 2.75) is 18.8 Å². The van der Waals surface area contributed by atoms with Crippen molar-refractivity contribution in [2.75, 3.05) is 27.2 Å². The summed E-state index contributed by atoms with van der Waals surface area (Å²) in [4.78, 5) is 19.3. The van der Waals surface area contributed by atoms with Gasteiger partial charge in [0.15, 0.2) is 0 Å². The molecule has 2 heterocycles. The van der Waals surface area contributed by atoms with E-state index in [1.807, 2.05) is 6.07 Å². The summed E-state index contributed by atoms with van der Waals surface area (Å²) < 4.78 is 27.0. The molecule has 24 heavy (non-hydrogen) atoms. The number of carbonyl (C=O) groups is 1. The van der Waals surface area contributed by atoms with Gasteiger partial charge in [-0.3, -0.25) is 4.79 Å². The molecule has 0 unspecified atom stereocenters. The second kappa shape index (κ2) is 6.15. The maximum absolute atomic E-state index is 12.2. The average molecular weight is 351 g/mol. The maximum Gasteiger partial charge on any atom is 0.281 e. The van der Waals surface area contributed by atoms with E-state index in [2.05, 4.69) is 9.97 Å². The number of carbonyl (C=O) groups excluding carboxylic acids is 1. The van der Waals surface area contributed by atoms with Gasteiger partial charge >= 0.3 is 0 Å². The molecular weight excluding hydrogens is 330 g/mol. The minimum absolute atomic E-state index is 0.131. The zero-order valence-corrected chi connectivity index (χ0v) is 14.5. The second-order valence-electron chi connectivity index (χ2n) is 6.15. The molecule has 1 aromatic carbocycles. The van der Waals surface area contributed by atoms with Crippen molar-refractivity contribution in [1.29, 1.82) is 0 Å². The first-order valence-electron chi connectivity index (χ1n) is 7.76. The molecule has 8 nitrogen and oxygen atoms in total. The van der Waals surface area contributed by atoms with E-state index >= 15 is 0 Å². The van der Waals surface area contributed by atoms with Crippen molar-refractivity contribution in [3.63, 3.8) is 0 Å². The number of nitrogens with one attached hydrogen (secondary N) is 1. The summed E-state index contributed by atoms with van der Waals surface area (Å²) in [6, 6.07) is 5.27. The highest BCUT2D eigenvalue weighted by molar-refractivity contribution is 7.86. The zero-order chi connectivity index (χ0) is 17.5. The Balaban J connectivity index is 1.81. The summed E-state index contributed by atoms with van der Waals surface area (Å²) in [5, 5.41) is 0. The summed E-state index contributed by atoms with van der Waals surface area (Å²) >= 11 is 0. The van der Waals surface area contributed by atoms with Gasteiger partial charge in [-0.15, -0.1) is 0 Å². The molecule has 1 amide bonds. The largest absolute Gasteiger partial charge is 0.366 e. The molecule has 130 valence electrons. The number of aromatic nitrogens is 2. The van der Waals surface area contributed by atoms with E-state index in [0.29, 0.717) is 37.0 Å². The predicted molar refractivity (Wildman–Crippen MR) is 90.8 cm³/mol. The van der Waals surface area contributed by atoms with E-state index in [-0.39, 0.29) is 5.92 Å². The Morgan fingerprint density at radius 2 is 2.00 bits per heavy atom. The van der Waals surface area contributed by atoms with Crippen molar-refractivity contribution >= 4 is 27.1 Å². The van der Waals surface area contributed by atoms with Crippen LogP contribution in [0, 0.1) is 0 Å². The number of H-pyrrole nitrogens is 1. The van der Waals surface area contributed by atoms with E-state index < -0.39 is 16.1 Å². The fraction of sp³-hybridized carbons (Fsp3) is 0.467. The molecule has 0 radical (unpaired) electrons. The number of benzene rings is 1. The number of nitrogens with two attached hydrogens (primary N) is 1. The van der Waals surface area contributed by atoms with E-state index in [1.54, 1.807) is 12.1 Å². The smallest absolute Gasteiger partial charge is 0.281 e. The molecule has 0 bridgehead atoms. The number of hydrogen-bond acceptors (Lipinski definition) is 4. The van der Waals surface area contributed by atoms with Gasteiger partial charge in [-0.2, -0.15) is 17.0 Å². The van der Waals surface area contributed by atoms with Crippen molar-refractivity contribution in [2.24, 2.45) is 5.73 Å². The van der Waals surface area contributed by atoms with Crippen LogP contribution in [0.3, 0.4) is 0 Å². The standard InChI is InChI=1S/C15H21N5O3S/c1-19(2)24(22,23)20-8-6-10(7-9-20)15-17-12-5-3-4-11(14(16)21)13(12)18-15/h3-5,10H,6-9H2,1-2H3,(H2,16,21)(H,17,18). The number of nitrogens with zero attached hydrogens (tertiary/aromatic N) is 3. The molecule has 2 aromatic rings. The Morgan fingerprint density at radius 3 is 2.58 bits per heavy atom. The van der Waals surface area contributed by atoms with Crippen molar-refractivity contribution in [1.82, 2.24) is 18.6 Å². The fourth-order valence-electron chi connectivity index (χ4n) is 3.03. The van der Waals surface area contributed by atoms with Crippen LogP contribution in [-0.2, 0) is 10.2 Å². The lowest BCUT2D eigenvalue weighted by Gasteiger charge is -2.31. The van der Waals surface area contributed by atoms with Gasteiger partial charge in [0.25, 0.3) is 16.1 Å². The Bertz CT molecular complexity index is 866. The first-order chi connectivity index (χ1) is 11.3. The predicted octanol–water partition coefficient (Wildman–Crippen LogP) is 0.648. The molecule has 3 N–H and O–H groups in total. The zero-order valence-electron chi connectivity index (χ0n) is 13.7. The van der Waals surface area contributed by atoms with Crippen molar-refractivity contribution in [3.05, 3.63) is 29.6 Å². The molecule has 0 saturated carbocycles. The summed E-state index contributed by atoms with van der Waals surface area (Å²) in [6.07, 6.45) is 1.36. The highest BCUT2D eigenvalue weighted by Gasteiger charge is 2.31. The molecule has 1 fully saturated rings. The molecule has 1 aliphatic heterocycles. The molecule has 1 aromatic heterocycles. The third-order valence-electron chi connectivity index (χ3n) is 4.42. The monoisotopic (exact) mass is 351 g/mol. The molecule has 0 atom stereocenters. The summed E-state index contributed by atoms with van der Waals surface area (Å²) in [6.45, 7) is 0.899. The minimum Gasteiger partial charge on any atom is -0.366 e. The van der Waals surface area contributed by atoms with Gasteiger partial charge in [0, 0.05) is 33.1 Å². The normalized spacial score (nSPS) is 17.6. The third kappa shape index (κ3) is 2.90. The van der Waals surface area contributed by atoms with Crippen LogP contribution in [0.4, 0.5) is 0 Å². The fourth-order valence-corrected chi connectivity index (χ4v) is 4.17. The van der Waals surface area contributed by atoms with E-state index in [4.69, 9.17) is 5.73 Å². The molecule has 1 saturated heterocycles. The number of primary amides is 1. The molecule has 3 rings (SSSR count). The van der Waals surface area contributed by atoms with Crippen LogP contribution < -0.4 is 5.73 Å². The molecule has 0 spiro atoms. The lowest BCUT2D eigenvalue weighted by molar-refractivity contribution is 0.100. The van der Waals surface area contributed by atoms with Crippen LogP contribution in [0.15, 0.2) is 18.2 Å². The molecular formula is C15H21N5O3S. The number of para-hydroxylation sites is 1. The number of fused-ring (bicyclic) bond motifs is 1. The van der Waals surface area contributed by atoms with E-state index in [1.165, 1.54) is 22.7 Å². The molecule has 9 heteroatoms. The Kier molecular flexibility index (Phi) is 4.33. The average Bonchev–Trinajstić information content (AvgIpc) is 2.98. The Morgan fingerprint density at radius 1 is 1.33 bits per heavy atom. The second-order valence-corrected chi connectivity index (χ2v) is 8.29. The Labute approximate surface area is 140 Å². The summed E-state index contributed by atoms with van der Waals surface area (Å²) in [5.41, 5.74) is 7.12.